The highest BCUT2D eigenvalue weighted by molar-refractivity contribution is 6.38. The Bertz CT molecular complexity index is 1480. The number of aromatic amines is 1. The number of H-pyrrole nitrogens is 1. The van der Waals surface area contributed by atoms with E-state index in [0.29, 0.717) is 30.3 Å². The van der Waals surface area contributed by atoms with Gasteiger partial charge in [0.1, 0.15) is 17.6 Å². The van der Waals surface area contributed by atoms with Crippen LogP contribution in [0.5, 0.6) is 0 Å². The first-order chi connectivity index (χ1) is 19.9. The zero-order chi connectivity index (χ0) is 30.4. The van der Waals surface area contributed by atoms with Crippen LogP contribution in [-0.2, 0) is 25.6 Å². The number of benzene rings is 2. The zero-order valence-electron chi connectivity index (χ0n) is 23.9. The van der Waals surface area contributed by atoms with E-state index in [1.54, 1.807) is 45.0 Å². The van der Waals surface area contributed by atoms with Crippen molar-refractivity contribution in [3.63, 3.8) is 0 Å². The molecule has 1 aliphatic rings. The monoisotopic (exact) mass is 577 g/mol. The number of fused-ring (bicyclic) bond motifs is 1. The molecule has 2 aromatic carbocycles. The lowest BCUT2D eigenvalue weighted by Gasteiger charge is -2.28. The summed E-state index contributed by atoms with van der Waals surface area (Å²) in [7, 11) is 0. The van der Waals surface area contributed by atoms with Crippen molar-refractivity contribution in [2.24, 2.45) is 5.92 Å². The van der Waals surface area contributed by atoms with E-state index in [1.807, 2.05) is 6.07 Å². The molecule has 3 aromatic rings. The topological polar surface area (TPSA) is 149 Å². The van der Waals surface area contributed by atoms with Crippen LogP contribution >= 0.6 is 0 Å². The highest BCUT2D eigenvalue weighted by atomic mass is 19.1. The number of rotatable bonds is 10. The van der Waals surface area contributed by atoms with E-state index in [0.717, 1.165) is 5.56 Å². The molecule has 1 unspecified atom stereocenters. The molecule has 1 saturated heterocycles. The maximum absolute atomic E-state index is 13.7. The lowest BCUT2D eigenvalue weighted by molar-refractivity contribution is -0.142. The summed E-state index contributed by atoms with van der Waals surface area (Å²) in [4.78, 5) is 68.5. The predicted octanol–water partition coefficient (Wildman–Crippen LogP) is 2.53. The average Bonchev–Trinajstić information content (AvgIpc) is 3.36. The summed E-state index contributed by atoms with van der Waals surface area (Å²) < 4.78 is 13.7. The van der Waals surface area contributed by atoms with Crippen LogP contribution in [0.3, 0.4) is 0 Å². The fraction of sp³-hybridized carbons (Fsp3) is 0.387. The number of hydrogen-bond acceptors (Lipinski definition) is 5. The lowest BCUT2D eigenvalue weighted by atomic mass is 9.89. The normalized spacial score (nSPS) is 16.7. The van der Waals surface area contributed by atoms with Gasteiger partial charge in [-0.1, -0.05) is 30.3 Å². The Kier molecular flexibility index (Phi) is 9.39. The van der Waals surface area contributed by atoms with Crippen molar-refractivity contribution in [1.29, 1.82) is 0 Å². The Morgan fingerprint density at radius 1 is 1.00 bits per heavy atom. The van der Waals surface area contributed by atoms with Gasteiger partial charge in [-0.2, -0.15) is 0 Å². The minimum absolute atomic E-state index is 0.0619. The van der Waals surface area contributed by atoms with Gasteiger partial charge in [0.05, 0.1) is 6.04 Å². The summed E-state index contributed by atoms with van der Waals surface area (Å²) in [6.45, 7) is 5.70. The molecule has 1 aliphatic heterocycles. The molecule has 4 amide bonds. The molecule has 42 heavy (non-hydrogen) atoms. The lowest BCUT2D eigenvalue weighted by Crippen LogP contribution is -2.57. The standard InChI is InChI=1S/C31H36FN5O5/c1-31(2,3)37-30(42)26(38)23(16-19-10-7-13-33-27(19)39)35-28(40)24(14-18-8-5-4-6-9-18)36-29(41)25-17-20-15-21(32)11-12-22(20)34-25/h4-6,8-9,11-12,15,17,19,23-24,34H,7,10,13-14,16H2,1-3H3,(H,33,39)(H,35,40)(H,36,41)(H,37,42)/t19-,23?,24-/m0/s1. The van der Waals surface area contributed by atoms with Gasteiger partial charge < -0.3 is 26.3 Å². The van der Waals surface area contributed by atoms with Crippen molar-refractivity contribution in [3.8, 4) is 0 Å². The highest BCUT2D eigenvalue weighted by Gasteiger charge is 2.36. The minimum Gasteiger partial charge on any atom is -0.356 e. The zero-order valence-corrected chi connectivity index (χ0v) is 23.9. The van der Waals surface area contributed by atoms with Crippen LogP contribution in [0.4, 0.5) is 4.39 Å². The molecule has 1 fully saturated rings. The van der Waals surface area contributed by atoms with Gasteiger partial charge in [0.25, 0.3) is 11.8 Å². The Hall–Kier alpha value is -4.54. The fourth-order valence-electron chi connectivity index (χ4n) is 4.93. The van der Waals surface area contributed by atoms with Gasteiger partial charge in [-0.25, -0.2) is 4.39 Å². The molecule has 0 radical (unpaired) electrons. The number of ketones is 1. The van der Waals surface area contributed by atoms with Gasteiger partial charge >= 0.3 is 0 Å². The minimum atomic E-state index is -1.29. The largest absolute Gasteiger partial charge is 0.356 e. The summed E-state index contributed by atoms with van der Waals surface area (Å²) in [6, 6.07) is 12.1. The highest BCUT2D eigenvalue weighted by Crippen LogP contribution is 2.20. The van der Waals surface area contributed by atoms with Crippen molar-refractivity contribution < 1.29 is 28.4 Å². The quantitative estimate of drug-likeness (QED) is 0.235. The number of aromatic nitrogens is 1. The van der Waals surface area contributed by atoms with Crippen molar-refractivity contribution in [3.05, 3.63) is 71.7 Å². The van der Waals surface area contributed by atoms with Crippen molar-refractivity contribution in [2.45, 2.75) is 64.1 Å². The molecule has 0 spiro atoms. The molecule has 5 N–H and O–H groups in total. The molecular weight excluding hydrogens is 541 g/mol. The summed E-state index contributed by atoms with van der Waals surface area (Å²) in [6.07, 6.45) is 1.25. The van der Waals surface area contributed by atoms with E-state index in [4.69, 9.17) is 0 Å². The second-order valence-electron chi connectivity index (χ2n) is 11.6. The number of Topliss-reactive ketones (excluding diaryl/α,β-unsaturated/α-hetero) is 1. The predicted molar refractivity (Wildman–Crippen MR) is 155 cm³/mol. The maximum Gasteiger partial charge on any atom is 0.290 e. The molecule has 11 heteroatoms. The van der Waals surface area contributed by atoms with Crippen LogP contribution < -0.4 is 21.3 Å². The van der Waals surface area contributed by atoms with E-state index in [-0.39, 0.29) is 24.4 Å². The second-order valence-corrected chi connectivity index (χ2v) is 11.6. The van der Waals surface area contributed by atoms with E-state index in [9.17, 15) is 28.4 Å². The third-order valence-corrected chi connectivity index (χ3v) is 7.00. The van der Waals surface area contributed by atoms with Gasteiger partial charge in [-0.3, -0.25) is 24.0 Å². The molecule has 4 rings (SSSR count). The molecule has 1 aromatic heterocycles. The van der Waals surface area contributed by atoms with Gasteiger partial charge in [-0.05, 0) is 69.9 Å². The smallest absolute Gasteiger partial charge is 0.290 e. The number of piperidine rings is 1. The van der Waals surface area contributed by atoms with Gasteiger partial charge in [0, 0.05) is 35.3 Å². The van der Waals surface area contributed by atoms with Crippen LogP contribution in [0.15, 0.2) is 54.6 Å². The number of amides is 4. The average molecular weight is 578 g/mol. The van der Waals surface area contributed by atoms with Crippen molar-refractivity contribution >= 4 is 40.3 Å². The molecule has 2 heterocycles. The van der Waals surface area contributed by atoms with Crippen molar-refractivity contribution in [2.75, 3.05) is 6.54 Å². The first-order valence-electron chi connectivity index (χ1n) is 14.0. The van der Waals surface area contributed by atoms with Gasteiger partial charge in [0.15, 0.2) is 0 Å². The molecular formula is C31H36FN5O5. The van der Waals surface area contributed by atoms with Gasteiger partial charge in [-0.15, -0.1) is 0 Å². The van der Waals surface area contributed by atoms with Crippen molar-refractivity contribution in [1.82, 2.24) is 26.3 Å². The summed E-state index contributed by atoms with van der Waals surface area (Å²) in [5, 5.41) is 11.2. The number of halogens is 1. The summed E-state index contributed by atoms with van der Waals surface area (Å²) >= 11 is 0. The number of carbonyl (C=O) groups is 5. The Balaban J connectivity index is 1.58. The van der Waals surface area contributed by atoms with Crippen LogP contribution in [0.2, 0.25) is 0 Å². The third kappa shape index (κ3) is 8.02. The first kappa shape index (κ1) is 30.4. The maximum atomic E-state index is 13.7. The summed E-state index contributed by atoms with van der Waals surface area (Å²) in [5.74, 6) is -4.31. The number of carbonyl (C=O) groups excluding carboxylic acids is 5. The second kappa shape index (κ2) is 13.0. The third-order valence-electron chi connectivity index (χ3n) is 7.00. The first-order valence-corrected chi connectivity index (χ1v) is 14.0. The van der Waals surface area contributed by atoms with Gasteiger partial charge in [0.2, 0.25) is 17.6 Å². The summed E-state index contributed by atoms with van der Waals surface area (Å²) in [5.41, 5.74) is 0.719. The Morgan fingerprint density at radius 2 is 1.74 bits per heavy atom. The van der Waals surface area contributed by atoms with Crippen LogP contribution in [0, 0.1) is 11.7 Å². The van der Waals surface area contributed by atoms with Crippen LogP contribution in [0.1, 0.15) is 56.1 Å². The Morgan fingerprint density at radius 3 is 2.43 bits per heavy atom. The van der Waals surface area contributed by atoms with E-state index >= 15 is 0 Å². The molecule has 0 saturated carbocycles. The fourth-order valence-corrected chi connectivity index (χ4v) is 4.93. The molecule has 0 aliphatic carbocycles. The van der Waals surface area contributed by atoms with Crippen LogP contribution in [0.25, 0.3) is 10.9 Å². The Labute approximate surface area is 243 Å². The van der Waals surface area contributed by atoms with E-state index < -0.39 is 52.9 Å². The van der Waals surface area contributed by atoms with E-state index in [1.165, 1.54) is 24.3 Å². The molecule has 0 bridgehead atoms. The molecule has 3 atom stereocenters. The number of hydrogen-bond donors (Lipinski definition) is 5. The number of nitrogens with one attached hydrogen (secondary N) is 5. The SMILES string of the molecule is CC(C)(C)NC(=O)C(=O)C(C[C@@H]1CCCNC1=O)NC(=O)[C@H](Cc1ccccc1)NC(=O)c1cc2cc(F)ccc2[nH]1. The molecule has 222 valence electrons. The molecule has 10 nitrogen and oxygen atoms in total. The van der Waals surface area contributed by atoms with E-state index in [2.05, 4.69) is 26.3 Å². The van der Waals surface area contributed by atoms with Crippen LogP contribution in [-0.4, -0.2) is 58.6 Å².